The molecule has 0 fully saturated rings. The SMILES string of the molecule is COC(=O)CNC(=O)c1ccc(NC(=O)c2cccc(-n3ccnc3SC)c2)cc1. The van der Waals surface area contributed by atoms with Crippen LogP contribution in [0.3, 0.4) is 0 Å². The molecule has 0 saturated heterocycles. The fraction of sp³-hybridized carbons (Fsp3) is 0.143. The summed E-state index contributed by atoms with van der Waals surface area (Å²) in [7, 11) is 1.25. The maximum Gasteiger partial charge on any atom is 0.325 e. The number of benzene rings is 2. The van der Waals surface area contributed by atoms with Gasteiger partial charge in [0.1, 0.15) is 6.54 Å². The Morgan fingerprint density at radius 1 is 1.07 bits per heavy atom. The fourth-order valence-corrected chi connectivity index (χ4v) is 3.20. The highest BCUT2D eigenvalue weighted by Crippen LogP contribution is 2.19. The molecule has 0 saturated carbocycles. The van der Waals surface area contributed by atoms with Gasteiger partial charge in [0.15, 0.2) is 5.16 Å². The van der Waals surface area contributed by atoms with E-state index in [1.807, 2.05) is 29.2 Å². The van der Waals surface area contributed by atoms with E-state index in [1.54, 1.807) is 42.6 Å². The number of thioether (sulfide) groups is 1. The maximum atomic E-state index is 12.6. The smallest absolute Gasteiger partial charge is 0.325 e. The number of methoxy groups -OCH3 is 1. The first-order chi connectivity index (χ1) is 14.5. The number of nitrogens with zero attached hydrogens (tertiary/aromatic N) is 2. The number of aromatic nitrogens is 2. The van der Waals surface area contributed by atoms with Crippen molar-refractivity contribution in [3.63, 3.8) is 0 Å². The van der Waals surface area contributed by atoms with Crippen LogP contribution in [0.1, 0.15) is 20.7 Å². The topological polar surface area (TPSA) is 102 Å². The summed E-state index contributed by atoms with van der Waals surface area (Å²) >= 11 is 1.52. The van der Waals surface area contributed by atoms with Crippen molar-refractivity contribution in [2.75, 3.05) is 25.2 Å². The molecule has 30 heavy (non-hydrogen) atoms. The first kappa shape index (κ1) is 21.1. The lowest BCUT2D eigenvalue weighted by Crippen LogP contribution is -2.30. The summed E-state index contributed by atoms with van der Waals surface area (Å²) in [6.07, 6.45) is 5.49. The zero-order valence-electron chi connectivity index (χ0n) is 16.4. The summed E-state index contributed by atoms with van der Waals surface area (Å²) in [4.78, 5) is 40.0. The van der Waals surface area contributed by atoms with Crippen LogP contribution in [0, 0.1) is 0 Å². The summed E-state index contributed by atoms with van der Waals surface area (Å²) < 4.78 is 6.38. The highest BCUT2D eigenvalue weighted by molar-refractivity contribution is 7.98. The third-order valence-electron chi connectivity index (χ3n) is 4.20. The quantitative estimate of drug-likeness (QED) is 0.447. The predicted octanol–water partition coefficient (Wildman–Crippen LogP) is 2.75. The van der Waals surface area contributed by atoms with Crippen molar-refractivity contribution in [3.05, 3.63) is 72.1 Å². The molecule has 1 aromatic heterocycles. The van der Waals surface area contributed by atoms with Gasteiger partial charge in [-0.05, 0) is 48.7 Å². The summed E-state index contributed by atoms with van der Waals surface area (Å²) in [5, 5.41) is 6.09. The second kappa shape index (κ2) is 9.75. The molecule has 3 aromatic rings. The van der Waals surface area contributed by atoms with E-state index < -0.39 is 11.9 Å². The highest BCUT2D eigenvalue weighted by Gasteiger charge is 2.11. The van der Waals surface area contributed by atoms with Crippen LogP contribution in [-0.2, 0) is 9.53 Å². The molecule has 8 nitrogen and oxygen atoms in total. The van der Waals surface area contributed by atoms with Crippen molar-refractivity contribution >= 4 is 35.2 Å². The Morgan fingerprint density at radius 3 is 2.53 bits per heavy atom. The zero-order valence-corrected chi connectivity index (χ0v) is 17.2. The minimum atomic E-state index is -0.533. The summed E-state index contributed by atoms with van der Waals surface area (Å²) in [5.74, 6) is -1.21. The molecule has 0 atom stereocenters. The van der Waals surface area contributed by atoms with Crippen LogP contribution < -0.4 is 10.6 Å². The second-order valence-electron chi connectivity index (χ2n) is 6.12. The van der Waals surface area contributed by atoms with Crippen LogP contribution in [0.2, 0.25) is 0 Å². The molecule has 0 spiro atoms. The van der Waals surface area contributed by atoms with Crippen LogP contribution in [0.4, 0.5) is 5.69 Å². The molecular weight excluding hydrogens is 404 g/mol. The van der Waals surface area contributed by atoms with Crippen LogP contribution in [0.5, 0.6) is 0 Å². The van der Waals surface area contributed by atoms with Gasteiger partial charge in [-0.25, -0.2) is 4.98 Å². The molecule has 3 rings (SSSR count). The number of rotatable bonds is 7. The van der Waals surface area contributed by atoms with Gasteiger partial charge in [-0.3, -0.25) is 19.0 Å². The zero-order chi connectivity index (χ0) is 21.5. The van der Waals surface area contributed by atoms with E-state index in [0.29, 0.717) is 16.8 Å². The summed E-state index contributed by atoms with van der Waals surface area (Å²) in [6.45, 7) is -0.209. The minimum Gasteiger partial charge on any atom is -0.468 e. The van der Waals surface area contributed by atoms with E-state index in [-0.39, 0.29) is 12.5 Å². The Morgan fingerprint density at radius 2 is 1.83 bits per heavy atom. The van der Waals surface area contributed by atoms with Crippen LogP contribution >= 0.6 is 11.8 Å². The molecule has 2 aromatic carbocycles. The molecule has 0 aliphatic rings. The second-order valence-corrected chi connectivity index (χ2v) is 6.90. The van der Waals surface area contributed by atoms with Crippen LogP contribution in [0.25, 0.3) is 5.69 Å². The number of hydrogen-bond donors (Lipinski definition) is 2. The van der Waals surface area contributed by atoms with Gasteiger partial charge in [-0.1, -0.05) is 17.8 Å². The molecule has 0 unspecified atom stereocenters. The molecule has 0 bridgehead atoms. The van der Waals surface area contributed by atoms with Gasteiger partial charge in [-0.15, -0.1) is 0 Å². The number of anilines is 1. The van der Waals surface area contributed by atoms with Crippen LogP contribution in [0.15, 0.2) is 66.1 Å². The Labute approximate surface area is 177 Å². The van der Waals surface area contributed by atoms with Crippen molar-refractivity contribution in [1.29, 1.82) is 0 Å². The number of hydrogen-bond acceptors (Lipinski definition) is 6. The van der Waals surface area contributed by atoms with E-state index in [0.717, 1.165) is 10.8 Å². The van der Waals surface area contributed by atoms with Gasteiger partial charge in [0, 0.05) is 34.9 Å². The van der Waals surface area contributed by atoms with Crippen molar-refractivity contribution < 1.29 is 19.1 Å². The van der Waals surface area contributed by atoms with E-state index in [1.165, 1.54) is 18.9 Å². The average Bonchev–Trinajstić information content (AvgIpc) is 3.26. The maximum absolute atomic E-state index is 12.6. The number of carbonyl (C=O) groups is 3. The minimum absolute atomic E-state index is 0.209. The molecule has 0 aliphatic carbocycles. The number of amides is 2. The third kappa shape index (κ3) is 5.06. The number of carbonyl (C=O) groups excluding carboxylic acids is 3. The molecule has 0 aliphatic heterocycles. The van der Waals surface area contributed by atoms with Crippen LogP contribution in [-0.4, -0.2) is 47.2 Å². The molecular formula is C21H20N4O4S. The van der Waals surface area contributed by atoms with E-state index in [4.69, 9.17) is 0 Å². The van der Waals surface area contributed by atoms with Gasteiger partial charge < -0.3 is 15.4 Å². The largest absolute Gasteiger partial charge is 0.468 e. The Hall–Kier alpha value is -3.59. The van der Waals surface area contributed by atoms with Gasteiger partial charge in [0.25, 0.3) is 11.8 Å². The highest BCUT2D eigenvalue weighted by atomic mass is 32.2. The van der Waals surface area contributed by atoms with Gasteiger partial charge in [0.05, 0.1) is 7.11 Å². The summed E-state index contributed by atoms with van der Waals surface area (Å²) in [6, 6.07) is 13.6. The van der Waals surface area contributed by atoms with Crippen molar-refractivity contribution in [1.82, 2.24) is 14.9 Å². The third-order valence-corrected chi connectivity index (χ3v) is 4.87. The Bertz CT molecular complexity index is 1060. The van der Waals surface area contributed by atoms with E-state index in [2.05, 4.69) is 20.4 Å². The molecule has 1 heterocycles. The van der Waals surface area contributed by atoms with Crippen molar-refractivity contribution in [2.45, 2.75) is 5.16 Å². The summed E-state index contributed by atoms with van der Waals surface area (Å²) in [5.41, 5.74) is 2.24. The molecule has 2 amide bonds. The van der Waals surface area contributed by atoms with Gasteiger partial charge >= 0.3 is 5.97 Å². The van der Waals surface area contributed by atoms with Crippen molar-refractivity contribution in [2.24, 2.45) is 0 Å². The average molecular weight is 424 g/mol. The van der Waals surface area contributed by atoms with Crippen molar-refractivity contribution in [3.8, 4) is 5.69 Å². The lowest BCUT2D eigenvalue weighted by atomic mass is 10.1. The van der Waals surface area contributed by atoms with Gasteiger partial charge in [0.2, 0.25) is 0 Å². The monoisotopic (exact) mass is 424 g/mol. The fourth-order valence-electron chi connectivity index (χ4n) is 2.67. The predicted molar refractivity (Wildman–Crippen MR) is 114 cm³/mol. The van der Waals surface area contributed by atoms with E-state index >= 15 is 0 Å². The lowest BCUT2D eigenvalue weighted by Gasteiger charge is -2.10. The number of imidazole rings is 1. The normalized spacial score (nSPS) is 10.3. The number of nitrogens with one attached hydrogen (secondary N) is 2. The van der Waals surface area contributed by atoms with Gasteiger partial charge in [-0.2, -0.15) is 0 Å². The number of ether oxygens (including phenoxy) is 1. The molecule has 9 heteroatoms. The number of esters is 1. The molecule has 154 valence electrons. The Kier molecular flexibility index (Phi) is 6.87. The molecule has 2 N–H and O–H groups in total. The first-order valence-corrected chi connectivity index (χ1v) is 10.2. The lowest BCUT2D eigenvalue weighted by molar-refractivity contribution is -0.139. The Balaban J connectivity index is 1.67. The van der Waals surface area contributed by atoms with E-state index in [9.17, 15) is 14.4 Å². The standard InChI is InChI=1S/C21H20N4O4S/c1-29-18(26)13-23-19(27)14-6-8-16(9-7-14)24-20(28)15-4-3-5-17(12-15)25-11-10-22-21(25)30-2/h3-12H,13H2,1-2H3,(H,23,27)(H,24,28). The first-order valence-electron chi connectivity index (χ1n) is 8.96. The molecule has 0 radical (unpaired) electrons.